The SMILES string of the molecule is Cc1cc(C)cc(NC=C(C#N)c2nc(-c3cc4cc([N+](=O)[O-])ccc4oc3=O)cs2)c1. The molecule has 158 valence electrons. The first-order chi connectivity index (χ1) is 15.3. The van der Waals surface area contributed by atoms with Crippen LogP contribution in [0, 0.1) is 35.3 Å². The number of nitrogens with one attached hydrogen (secondary N) is 1. The zero-order valence-electron chi connectivity index (χ0n) is 17.1. The fourth-order valence-corrected chi connectivity index (χ4v) is 4.06. The number of nitrogens with zero attached hydrogens (tertiary/aromatic N) is 3. The highest BCUT2D eigenvalue weighted by molar-refractivity contribution is 7.11. The van der Waals surface area contributed by atoms with Crippen molar-refractivity contribution in [2.75, 3.05) is 5.32 Å². The van der Waals surface area contributed by atoms with Crippen molar-refractivity contribution >= 4 is 39.3 Å². The number of aromatic nitrogens is 1. The van der Waals surface area contributed by atoms with Gasteiger partial charge in [0.15, 0.2) is 0 Å². The lowest BCUT2D eigenvalue weighted by atomic mass is 10.1. The summed E-state index contributed by atoms with van der Waals surface area (Å²) in [6, 6.07) is 13.6. The zero-order valence-corrected chi connectivity index (χ0v) is 17.9. The van der Waals surface area contributed by atoms with E-state index >= 15 is 0 Å². The molecular formula is C23H16N4O4S. The largest absolute Gasteiger partial charge is 0.422 e. The number of nitriles is 1. The standard InChI is InChI=1S/C23H16N4O4S/c1-13-5-14(2)7-17(6-13)25-11-16(10-24)22-26-20(12-32-22)19-9-15-8-18(27(29)30)3-4-21(15)31-23(19)28/h3-9,11-12,25H,1-2H3. The summed E-state index contributed by atoms with van der Waals surface area (Å²) >= 11 is 1.21. The van der Waals surface area contributed by atoms with Gasteiger partial charge in [-0.2, -0.15) is 5.26 Å². The van der Waals surface area contributed by atoms with Crippen LogP contribution >= 0.6 is 11.3 Å². The van der Waals surface area contributed by atoms with E-state index in [0.29, 0.717) is 21.7 Å². The van der Waals surface area contributed by atoms with Crippen LogP contribution in [0.25, 0.3) is 27.8 Å². The lowest BCUT2D eigenvalue weighted by Gasteiger charge is -2.05. The van der Waals surface area contributed by atoms with Gasteiger partial charge < -0.3 is 9.73 Å². The van der Waals surface area contributed by atoms with Gasteiger partial charge >= 0.3 is 5.63 Å². The molecule has 1 N–H and O–H groups in total. The van der Waals surface area contributed by atoms with Crippen molar-refractivity contribution in [3.05, 3.63) is 90.7 Å². The van der Waals surface area contributed by atoms with Crippen molar-refractivity contribution in [2.24, 2.45) is 0 Å². The predicted octanol–water partition coefficient (Wildman–Crippen LogP) is 5.42. The van der Waals surface area contributed by atoms with Crippen LogP contribution in [0.2, 0.25) is 0 Å². The molecule has 0 bridgehead atoms. The number of nitro benzene ring substituents is 1. The summed E-state index contributed by atoms with van der Waals surface area (Å²) in [6.45, 7) is 3.98. The number of anilines is 1. The van der Waals surface area contributed by atoms with Gasteiger partial charge in [0, 0.05) is 34.8 Å². The molecule has 0 saturated heterocycles. The smallest absolute Gasteiger partial charge is 0.345 e. The lowest BCUT2D eigenvalue weighted by molar-refractivity contribution is -0.384. The number of hydrogen-bond acceptors (Lipinski definition) is 8. The Labute approximate surface area is 186 Å². The van der Waals surface area contributed by atoms with Crippen LogP contribution in [-0.2, 0) is 0 Å². The Morgan fingerprint density at radius 1 is 1.22 bits per heavy atom. The molecule has 0 saturated carbocycles. The van der Waals surface area contributed by atoms with Gasteiger partial charge in [-0.3, -0.25) is 10.1 Å². The van der Waals surface area contributed by atoms with Crippen LogP contribution in [0.1, 0.15) is 16.1 Å². The fraction of sp³-hybridized carbons (Fsp3) is 0.0870. The Kier molecular flexibility index (Phi) is 5.54. The normalized spacial score (nSPS) is 11.3. The van der Waals surface area contributed by atoms with E-state index in [-0.39, 0.29) is 16.8 Å². The van der Waals surface area contributed by atoms with E-state index < -0.39 is 10.5 Å². The molecule has 0 aliphatic rings. The van der Waals surface area contributed by atoms with E-state index in [0.717, 1.165) is 16.8 Å². The van der Waals surface area contributed by atoms with Crippen LogP contribution in [0.15, 0.2) is 63.3 Å². The Hall–Kier alpha value is -4.29. The third-order valence-electron chi connectivity index (χ3n) is 4.66. The minimum Gasteiger partial charge on any atom is -0.422 e. The second kappa shape index (κ2) is 8.45. The number of nitro groups is 1. The second-order valence-electron chi connectivity index (χ2n) is 7.16. The summed E-state index contributed by atoms with van der Waals surface area (Å²) in [6.07, 6.45) is 1.57. The molecule has 8 nitrogen and oxygen atoms in total. The van der Waals surface area contributed by atoms with Crippen molar-refractivity contribution in [1.82, 2.24) is 4.98 Å². The summed E-state index contributed by atoms with van der Waals surface area (Å²) in [4.78, 5) is 27.4. The fourth-order valence-electron chi connectivity index (χ4n) is 3.28. The van der Waals surface area contributed by atoms with Crippen molar-refractivity contribution in [3.63, 3.8) is 0 Å². The molecule has 0 amide bonds. The average molecular weight is 444 g/mol. The molecule has 0 aliphatic heterocycles. The summed E-state index contributed by atoms with van der Waals surface area (Å²) in [5.74, 6) is 0. The topological polar surface area (TPSA) is 122 Å². The van der Waals surface area contributed by atoms with Gasteiger partial charge in [-0.15, -0.1) is 11.3 Å². The van der Waals surface area contributed by atoms with Gasteiger partial charge in [-0.25, -0.2) is 9.78 Å². The van der Waals surface area contributed by atoms with E-state index in [2.05, 4.69) is 22.4 Å². The molecule has 32 heavy (non-hydrogen) atoms. The van der Waals surface area contributed by atoms with E-state index in [1.807, 2.05) is 26.0 Å². The van der Waals surface area contributed by atoms with Crippen LogP contribution < -0.4 is 10.9 Å². The summed E-state index contributed by atoms with van der Waals surface area (Å²) in [5.41, 5.74) is 3.38. The summed E-state index contributed by atoms with van der Waals surface area (Å²) in [5, 5.41) is 26.2. The highest BCUT2D eigenvalue weighted by atomic mass is 32.1. The van der Waals surface area contributed by atoms with E-state index in [1.54, 1.807) is 11.6 Å². The first-order valence-electron chi connectivity index (χ1n) is 9.48. The number of fused-ring (bicyclic) bond motifs is 1. The van der Waals surface area contributed by atoms with Gasteiger partial charge in [-0.05, 0) is 49.2 Å². The lowest BCUT2D eigenvalue weighted by Crippen LogP contribution is -2.03. The summed E-state index contributed by atoms with van der Waals surface area (Å²) < 4.78 is 5.30. The highest BCUT2D eigenvalue weighted by Crippen LogP contribution is 2.28. The maximum absolute atomic E-state index is 12.4. The number of rotatable bonds is 5. The quantitative estimate of drug-likeness (QED) is 0.189. The molecule has 4 rings (SSSR count). The van der Waals surface area contributed by atoms with Crippen molar-refractivity contribution in [2.45, 2.75) is 13.8 Å². The van der Waals surface area contributed by atoms with Gasteiger partial charge in [0.05, 0.1) is 16.2 Å². The number of allylic oxidation sites excluding steroid dienone is 1. The Bertz CT molecular complexity index is 1470. The molecule has 0 unspecified atom stereocenters. The first-order valence-corrected chi connectivity index (χ1v) is 10.4. The minimum atomic E-state index is -0.612. The van der Waals surface area contributed by atoms with Gasteiger partial charge in [-0.1, -0.05) is 6.07 Å². The van der Waals surface area contributed by atoms with Crippen LogP contribution in [0.5, 0.6) is 0 Å². The summed E-state index contributed by atoms with van der Waals surface area (Å²) in [7, 11) is 0. The Morgan fingerprint density at radius 2 is 1.97 bits per heavy atom. The molecule has 2 aromatic carbocycles. The molecule has 9 heteroatoms. The molecule has 4 aromatic rings. The van der Waals surface area contributed by atoms with Gasteiger partial charge in [0.1, 0.15) is 22.2 Å². The average Bonchev–Trinajstić information content (AvgIpc) is 3.22. The molecule has 2 heterocycles. The van der Waals surface area contributed by atoms with Crippen molar-refractivity contribution in [3.8, 4) is 17.3 Å². The molecule has 0 aliphatic carbocycles. The maximum atomic E-state index is 12.4. The molecule has 0 atom stereocenters. The predicted molar refractivity (Wildman–Crippen MR) is 123 cm³/mol. The zero-order chi connectivity index (χ0) is 22.8. The van der Waals surface area contributed by atoms with E-state index in [4.69, 9.17) is 4.42 Å². The minimum absolute atomic E-state index is 0.108. The Morgan fingerprint density at radius 3 is 2.66 bits per heavy atom. The Balaban J connectivity index is 1.68. The van der Waals surface area contributed by atoms with Gasteiger partial charge in [0.2, 0.25) is 0 Å². The van der Waals surface area contributed by atoms with Crippen molar-refractivity contribution < 1.29 is 9.34 Å². The molecule has 2 aromatic heterocycles. The molecular weight excluding hydrogens is 428 g/mol. The third kappa shape index (κ3) is 4.26. The monoisotopic (exact) mass is 444 g/mol. The molecule has 0 fully saturated rings. The van der Waals surface area contributed by atoms with Crippen LogP contribution in [-0.4, -0.2) is 9.91 Å². The molecule has 0 spiro atoms. The highest BCUT2D eigenvalue weighted by Gasteiger charge is 2.15. The second-order valence-corrected chi connectivity index (χ2v) is 8.01. The third-order valence-corrected chi connectivity index (χ3v) is 5.54. The number of aryl methyl sites for hydroxylation is 2. The van der Waals surface area contributed by atoms with Crippen LogP contribution in [0.3, 0.4) is 0 Å². The number of hydrogen-bond donors (Lipinski definition) is 1. The van der Waals surface area contributed by atoms with E-state index in [9.17, 15) is 20.2 Å². The first kappa shape index (κ1) is 21.0. The van der Waals surface area contributed by atoms with E-state index in [1.165, 1.54) is 35.6 Å². The van der Waals surface area contributed by atoms with Crippen molar-refractivity contribution in [1.29, 1.82) is 5.26 Å². The number of thiazole rings is 1. The van der Waals surface area contributed by atoms with Gasteiger partial charge in [0.25, 0.3) is 5.69 Å². The number of non-ortho nitro benzene ring substituents is 1. The number of benzene rings is 2. The maximum Gasteiger partial charge on any atom is 0.345 e. The molecule has 0 radical (unpaired) electrons. The van der Waals surface area contributed by atoms with Crippen LogP contribution in [0.4, 0.5) is 11.4 Å².